The van der Waals surface area contributed by atoms with E-state index < -0.39 is 102 Å². The predicted octanol–water partition coefficient (Wildman–Crippen LogP) is 13.1. The van der Waals surface area contributed by atoms with Gasteiger partial charge in [-0.3, -0.25) is 23.2 Å². The van der Waals surface area contributed by atoms with Crippen molar-refractivity contribution in [2.45, 2.75) is 227 Å². The molecular formula is C49H89O20P. The molecule has 0 aromatic carbocycles. The molecule has 0 aliphatic carbocycles. The van der Waals surface area contributed by atoms with Gasteiger partial charge in [-0.15, -0.1) is 0 Å². The van der Waals surface area contributed by atoms with Gasteiger partial charge in [0, 0.05) is 25.7 Å². The summed E-state index contributed by atoms with van der Waals surface area (Å²) < 4.78 is 81.5. The molecule has 0 aliphatic heterocycles. The summed E-state index contributed by atoms with van der Waals surface area (Å²) in [6.45, 7) is 7.97. The first-order valence-electron chi connectivity index (χ1n) is 26.1. The van der Waals surface area contributed by atoms with Gasteiger partial charge < -0.3 is 47.4 Å². The number of carbonyl (C=O) groups is 6. The van der Waals surface area contributed by atoms with Crippen LogP contribution in [0.25, 0.3) is 0 Å². The largest absolute Gasteiger partial charge is 0.511 e. The molecule has 0 spiro atoms. The van der Waals surface area contributed by atoms with Gasteiger partial charge in [0.05, 0.1) is 46.2 Å². The number of phosphoric acid groups is 1. The summed E-state index contributed by atoms with van der Waals surface area (Å²) in [5.41, 5.74) is 0. The lowest BCUT2D eigenvalue weighted by atomic mass is 10.1. The first kappa shape index (κ1) is 66.1. The average Bonchev–Trinajstić information content (AvgIpc) is 3.31. The second-order valence-electron chi connectivity index (χ2n) is 16.4. The van der Waals surface area contributed by atoms with Crippen molar-refractivity contribution in [1.82, 2.24) is 0 Å². The van der Waals surface area contributed by atoms with Crippen LogP contribution in [0.2, 0.25) is 0 Å². The molecule has 0 saturated heterocycles. The van der Waals surface area contributed by atoms with E-state index >= 15 is 0 Å². The van der Waals surface area contributed by atoms with Gasteiger partial charge in [-0.1, -0.05) is 142 Å². The molecule has 0 rings (SSSR count). The summed E-state index contributed by atoms with van der Waals surface area (Å²) in [6, 6.07) is 0. The van der Waals surface area contributed by atoms with Gasteiger partial charge in [-0.25, -0.2) is 23.7 Å². The van der Waals surface area contributed by atoms with Gasteiger partial charge in [-0.05, 0) is 40.5 Å². The third kappa shape index (κ3) is 40.8. The van der Waals surface area contributed by atoms with E-state index in [4.69, 9.17) is 60.9 Å². The van der Waals surface area contributed by atoms with E-state index in [2.05, 4.69) is 13.8 Å². The number of esters is 2. The van der Waals surface area contributed by atoms with Crippen LogP contribution in [-0.4, -0.2) is 108 Å². The third-order valence-corrected chi connectivity index (χ3v) is 11.7. The lowest BCUT2D eigenvalue weighted by Gasteiger charge is -2.24. The molecular weight excluding hydrogens is 939 g/mol. The number of unbranched alkanes of at least 4 members (excludes halogenated alkanes) is 20. The van der Waals surface area contributed by atoms with Gasteiger partial charge in [-0.2, -0.15) is 0 Å². The smallest absolute Gasteiger partial charge is 0.462 e. The SMILES string of the molecule is CCCCCCCCCCCCCC(=O)OC[C@H](COP(=O)(OCCC(OC(=O)OCC)OC(=O)OCC)OCCC(OC(=O)OCC)OC(=O)OCC)OC(=O)CCCCCCCCCCCCC. The predicted molar refractivity (Wildman–Crippen MR) is 258 cm³/mol. The molecule has 20 nitrogen and oxygen atoms in total. The maximum atomic E-state index is 14.3. The van der Waals surface area contributed by atoms with E-state index in [1.807, 2.05) is 0 Å². The quantitative estimate of drug-likeness (QED) is 0.0181. The van der Waals surface area contributed by atoms with Gasteiger partial charge in [0.15, 0.2) is 6.10 Å². The van der Waals surface area contributed by atoms with Crippen LogP contribution in [-0.2, 0) is 75.1 Å². The average molecular weight is 1030 g/mol. The highest BCUT2D eigenvalue weighted by atomic mass is 31.2. The summed E-state index contributed by atoms with van der Waals surface area (Å²) in [5, 5.41) is 0. The summed E-state index contributed by atoms with van der Waals surface area (Å²) in [5.74, 6) is -1.10. The van der Waals surface area contributed by atoms with E-state index in [0.29, 0.717) is 12.8 Å². The number of ether oxygens (including phenoxy) is 10. The normalized spacial score (nSPS) is 11.7. The Morgan fingerprint density at radius 3 is 1.00 bits per heavy atom. The van der Waals surface area contributed by atoms with Crippen molar-refractivity contribution in [3.05, 3.63) is 0 Å². The highest BCUT2D eigenvalue weighted by Crippen LogP contribution is 2.50. The fraction of sp³-hybridized carbons (Fsp3) is 0.878. The molecule has 0 aromatic heterocycles. The zero-order valence-corrected chi connectivity index (χ0v) is 44.3. The molecule has 21 heteroatoms. The Bertz CT molecular complexity index is 1300. The molecule has 0 saturated carbocycles. The number of hydrogen-bond donors (Lipinski definition) is 0. The second-order valence-corrected chi connectivity index (χ2v) is 18.1. The standard InChI is InChI=1S/C49H89O20P/c1-7-13-15-17-19-21-23-25-27-29-31-33-42(50)61-39-41(65-43(51)34-32-30-28-26-24-22-20-18-16-14-8-2)40-64-70(56,62-37-35-44(66-46(52)57-9-3)67-47(53)58-10-4)63-38-36-45(68-48(54)59-11-5)69-49(55)60-12-6/h41,44-45H,7-40H2,1-6H3/t41-/m1/s1. The number of hydrogen-bond acceptors (Lipinski definition) is 20. The van der Waals surface area contributed by atoms with Crippen LogP contribution >= 0.6 is 7.82 Å². The number of carbonyl (C=O) groups excluding carboxylic acids is 6. The molecule has 0 heterocycles. The topological polar surface area (TPSA) is 239 Å². The van der Waals surface area contributed by atoms with Crippen LogP contribution in [0.15, 0.2) is 0 Å². The van der Waals surface area contributed by atoms with Crippen LogP contribution in [0.1, 0.15) is 208 Å². The maximum Gasteiger partial charge on any atom is 0.511 e. The molecule has 0 radical (unpaired) electrons. The van der Waals surface area contributed by atoms with Gasteiger partial charge >= 0.3 is 44.4 Å². The molecule has 0 aliphatic rings. The Morgan fingerprint density at radius 2 is 0.671 bits per heavy atom. The lowest BCUT2D eigenvalue weighted by molar-refractivity contribution is -0.161. The Balaban J connectivity index is 5.99. The second kappa shape index (κ2) is 46.2. The molecule has 0 fully saturated rings. The minimum atomic E-state index is -4.77. The molecule has 1 atom stereocenters. The van der Waals surface area contributed by atoms with Crippen molar-refractivity contribution in [3.8, 4) is 0 Å². The first-order chi connectivity index (χ1) is 33.8. The molecule has 0 bridgehead atoms. The van der Waals surface area contributed by atoms with Crippen molar-refractivity contribution in [2.75, 3.05) is 52.9 Å². The van der Waals surface area contributed by atoms with E-state index in [-0.39, 0.29) is 39.3 Å². The highest BCUT2D eigenvalue weighted by Gasteiger charge is 2.33. The third-order valence-electron chi connectivity index (χ3n) is 10.3. The highest BCUT2D eigenvalue weighted by molar-refractivity contribution is 7.48. The number of phosphoric ester groups is 1. The fourth-order valence-corrected chi connectivity index (χ4v) is 7.84. The molecule has 0 unspecified atom stereocenters. The minimum absolute atomic E-state index is 0.0567. The van der Waals surface area contributed by atoms with Crippen molar-refractivity contribution in [2.24, 2.45) is 0 Å². The van der Waals surface area contributed by atoms with Gasteiger partial charge in [0.1, 0.15) is 6.61 Å². The van der Waals surface area contributed by atoms with Crippen molar-refractivity contribution in [3.63, 3.8) is 0 Å². The lowest BCUT2D eigenvalue weighted by Crippen LogP contribution is -2.30. The number of rotatable bonds is 46. The van der Waals surface area contributed by atoms with Crippen LogP contribution in [0.5, 0.6) is 0 Å². The Morgan fingerprint density at radius 1 is 0.357 bits per heavy atom. The van der Waals surface area contributed by atoms with Crippen LogP contribution < -0.4 is 0 Å². The van der Waals surface area contributed by atoms with Gasteiger partial charge in [0.2, 0.25) is 0 Å². The van der Waals surface area contributed by atoms with Crippen molar-refractivity contribution >= 4 is 44.4 Å². The summed E-state index contributed by atoms with van der Waals surface area (Å²) in [7, 11) is -4.77. The summed E-state index contributed by atoms with van der Waals surface area (Å²) in [6.07, 6.45) is 14.3. The zero-order chi connectivity index (χ0) is 51.9. The fourth-order valence-electron chi connectivity index (χ4n) is 6.61. The molecule has 0 N–H and O–H groups in total. The Kier molecular flexibility index (Phi) is 43.7. The van der Waals surface area contributed by atoms with E-state index in [1.165, 1.54) is 105 Å². The van der Waals surface area contributed by atoms with Crippen LogP contribution in [0.3, 0.4) is 0 Å². The van der Waals surface area contributed by atoms with Gasteiger partial charge in [0.25, 0.3) is 12.6 Å². The van der Waals surface area contributed by atoms with Crippen LogP contribution in [0, 0.1) is 0 Å². The molecule has 0 amide bonds. The molecule has 0 aromatic rings. The molecule has 410 valence electrons. The molecule has 70 heavy (non-hydrogen) atoms. The van der Waals surface area contributed by atoms with Crippen LogP contribution in [0.4, 0.5) is 19.2 Å². The Labute approximate surface area is 417 Å². The summed E-state index contributed by atoms with van der Waals surface area (Å²) >= 11 is 0. The first-order valence-corrected chi connectivity index (χ1v) is 27.5. The Hall–Kier alpha value is -3.87. The van der Waals surface area contributed by atoms with E-state index in [9.17, 15) is 33.3 Å². The van der Waals surface area contributed by atoms with E-state index in [1.54, 1.807) is 0 Å². The van der Waals surface area contributed by atoms with Crippen molar-refractivity contribution < 1.29 is 94.3 Å². The maximum absolute atomic E-state index is 14.3. The zero-order valence-electron chi connectivity index (χ0n) is 43.4. The van der Waals surface area contributed by atoms with Crippen molar-refractivity contribution in [1.29, 1.82) is 0 Å². The van der Waals surface area contributed by atoms with E-state index in [0.717, 1.165) is 51.4 Å². The summed E-state index contributed by atoms with van der Waals surface area (Å²) in [4.78, 5) is 74.5. The monoisotopic (exact) mass is 1030 g/mol. The minimum Gasteiger partial charge on any atom is -0.462 e.